The van der Waals surface area contributed by atoms with Crippen molar-refractivity contribution in [2.24, 2.45) is 23.2 Å². The van der Waals surface area contributed by atoms with Gasteiger partial charge in [-0.15, -0.1) is 17.9 Å². The summed E-state index contributed by atoms with van der Waals surface area (Å²) < 4.78 is 5.92. The number of carbonyl (C=O) groups is 2. The van der Waals surface area contributed by atoms with Gasteiger partial charge in [-0.25, -0.2) is 4.98 Å². The Labute approximate surface area is 208 Å². The summed E-state index contributed by atoms with van der Waals surface area (Å²) >= 11 is 1.55. The summed E-state index contributed by atoms with van der Waals surface area (Å²) in [4.78, 5) is 31.1. The van der Waals surface area contributed by atoms with Crippen LogP contribution in [-0.4, -0.2) is 45.3 Å². The predicted molar refractivity (Wildman–Crippen MR) is 136 cm³/mol. The van der Waals surface area contributed by atoms with Crippen molar-refractivity contribution < 1.29 is 24.5 Å². The number of rotatable bonds is 6. The van der Waals surface area contributed by atoms with Gasteiger partial charge in [-0.1, -0.05) is 46.6 Å². The van der Waals surface area contributed by atoms with Gasteiger partial charge in [0.05, 0.1) is 34.2 Å². The first kappa shape index (κ1) is 28.4. The molecule has 2 rings (SSSR count). The van der Waals surface area contributed by atoms with E-state index in [0.717, 1.165) is 29.1 Å². The van der Waals surface area contributed by atoms with Crippen molar-refractivity contribution in [3.05, 3.63) is 34.3 Å². The van der Waals surface area contributed by atoms with Gasteiger partial charge < -0.3 is 14.9 Å². The molecule has 1 heterocycles. The number of aliphatic hydroxyl groups excluding tert-OH is 2. The van der Waals surface area contributed by atoms with Crippen molar-refractivity contribution in [3.63, 3.8) is 0 Å². The molecule has 1 saturated carbocycles. The summed E-state index contributed by atoms with van der Waals surface area (Å²) in [5.74, 6) is -2.25. The summed E-state index contributed by atoms with van der Waals surface area (Å²) in [7, 11) is 0. The molecular formula is C27H41NO5S. The van der Waals surface area contributed by atoms with Crippen molar-refractivity contribution in [1.29, 1.82) is 0 Å². The minimum Gasteiger partial charge on any atom is -0.457 e. The third-order valence-electron chi connectivity index (χ3n) is 7.15. The van der Waals surface area contributed by atoms with Gasteiger partial charge in [-0.3, -0.25) is 9.59 Å². The molecular weight excluding hydrogens is 450 g/mol. The minimum absolute atomic E-state index is 0.0329. The number of aromatic nitrogens is 1. The van der Waals surface area contributed by atoms with E-state index in [1.807, 2.05) is 32.2 Å². The average Bonchev–Trinajstić information content (AvgIpc) is 3.19. The highest BCUT2D eigenvalue weighted by molar-refractivity contribution is 7.09. The van der Waals surface area contributed by atoms with Crippen LogP contribution in [0, 0.1) is 30.1 Å². The maximum Gasteiger partial charge on any atom is 0.312 e. The van der Waals surface area contributed by atoms with Crippen molar-refractivity contribution in [1.82, 2.24) is 4.98 Å². The van der Waals surface area contributed by atoms with Crippen LogP contribution >= 0.6 is 11.3 Å². The molecule has 1 unspecified atom stereocenters. The fraction of sp³-hybridized carbons (Fsp3) is 0.667. The Kier molecular flexibility index (Phi) is 10.2. The normalized spacial score (nSPS) is 29.7. The Morgan fingerprint density at radius 2 is 1.97 bits per heavy atom. The molecule has 190 valence electrons. The van der Waals surface area contributed by atoms with E-state index in [2.05, 4.69) is 11.6 Å². The van der Waals surface area contributed by atoms with Crippen LogP contribution in [0.15, 0.2) is 23.6 Å². The number of ketones is 1. The van der Waals surface area contributed by atoms with Gasteiger partial charge in [-0.2, -0.15) is 0 Å². The molecule has 0 saturated heterocycles. The number of aliphatic hydroxyl groups is 2. The maximum atomic E-state index is 13.4. The zero-order valence-electron chi connectivity index (χ0n) is 21.4. The van der Waals surface area contributed by atoms with Gasteiger partial charge in [0.15, 0.2) is 0 Å². The second kappa shape index (κ2) is 12.2. The first-order valence-electron chi connectivity index (χ1n) is 12.2. The largest absolute Gasteiger partial charge is 0.457 e. The third kappa shape index (κ3) is 6.86. The number of aryl methyl sites for hydroxylation is 1. The Morgan fingerprint density at radius 1 is 1.32 bits per heavy atom. The summed E-state index contributed by atoms with van der Waals surface area (Å²) in [6.45, 7) is 14.6. The van der Waals surface area contributed by atoms with Crippen LogP contribution < -0.4 is 0 Å². The molecule has 1 aliphatic carbocycles. The number of nitrogens with zero attached hydrogens (tertiary/aromatic N) is 1. The van der Waals surface area contributed by atoms with Crippen molar-refractivity contribution >= 4 is 29.2 Å². The van der Waals surface area contributed by atoms with Gasteiger partial charge in [0.1, 0.15) is 11.9 Å². The lowest BCUT2D eigenvalue weighted by molar-refractivity contribution is -0.163. The molecule has 0 aliphatic heterocycles. The van der Waals surface area contributed by atoms with Crippen LogP contribution in [0.25, 0.3) is 6.08 Å². The lowest BCUT2D eigenvalue weighted by atomic mass is 9.70. The van der Waals surface area contributed by atoms with Crippen LogP contribution in [0.3, 0.4) is 0 Å². The van der Waals surface area contributed by atoms with Gasteiger partial charge >= 0.3 is 5.97 Å². The van der Waals surface area contributed by atoms with Crippen molar-refractivity contribution in [2.75, 3.05) is 0 Å². The predicted octanol–water partition coefficient (Wildman–Crippen LogP) is 5.12. The number of hydrogen-bond acceptors (Lipinski definition) is 7. The summed E-state index contributed by atoms with van der Waals surface area (Å²) in [6.07, 6.45) is 4.19. The standard InChI is InChI=1S/C27H41NO5S/c1-8-11-22(17(3)14-20-15-34-19(5)28-20)33-26(32)21-13-10-9-12-16(2)23(29)18(4)24(30)27(6,7)25(21)31/h8,14-16,18,21-23,25,29,31H,1,9-13H2,2-7H3/b17-14+/t16?,18-,21+,22-,23+,25+/m1/s1. The molecule has 1 aromatic heterocycles. The van der Waals surface area contributed by atoms with E-state index in [9.17, 15) is 19.8 Å². The molecule has 1 aromatic rings. The third-order valence-corrected chi connectivity index (χ3v) is 7.94. The maximum absolute atomic E-state index is 13.4. The molecule has 1 aliphatic rings. The Bertz CT molecular complexity index is 889. The quantitative estimate of drug-likeness (QED) is 0.423. The molecule has 2 N–H and O–H groups in total. The Hall–Kier alpha value is -1.83. The topological polar surface area (TPSA) is 96.7 Å². The van der Waals surface area contributed by atoms with E-state index in [0.29, 0.717) is 19.3 Å². The first-order valence-corrected chi connectivity index (χ1v) is 13.1. The molecule has 0 aromatic carbocycles. The second-order valence-corrected chi connectivity index (χ2v) is 11.4. The fourth-order valence-corrected chi connectivity index (χ4v) is 5.34. The molecule has 0 radical (unpaired) electrons. The van der Waals surface area contributed by atoms with E-state index in [1.54, 1.807) is 38.2 Å². The van der Waals surface area contributed by atoms with E-state index in [-0.39, 0.29) is 11.7 Å². The first-order chi connectivity index (χ1) is 15.9. The molecule has 0 amide bonds. The van der Waals surface area contributed by atoms with Crippen LogP contribution in [0.1, 0.15) is 77.4 Å². The smallest absolute Gasteiger partial charge is 0.312 e. The molecule has 1 fully saturated rings. The number of thiazole rings is 1. The zero-order valence-corrected chi connectivity index (χ0v) is 22.2. The van der Waals surface area contributed by atoms with Gasteiger partial charge in [0, 0.05) is 17.7 Å². The van der Waals surface area contributed by atoms with Crippen LogP contribution in [0.5, 0.6) is 0 Å². The summed E-state index contributed by atoms with van der Waals surface area (Å²) in [5, 5.41) is 24.9. The van der Waals surface area contributed by atoms with Crippen LogP contribution in [-0.2, 0) is 14.3 Å². The number of hydrogen-bond donors (Lipinski definition) is 2. The SMILES string of the molecule is C=CC[C@@H](OC(=O)[C@H]1CCCCC(C)[C@H](O)[C@@H](C)C(=O)C(C)(C)[C@H]1O)/C(C)=C/c1csc(C)n1. The van der Waals surface area contributed by atoms with Crippen LogP contribution in [0.4, 0.5) is 0 Å². The van der Waals surface area contributed by atoms with Crippen molar-refractivity contribution in [3.8, 4) is 0 Å². The number of esters is 1. The molecule has 0 spiro atoms. The minimum atomic E-state index is -1.22. The highest BCUT2D eigenvalue weighted by Crippen LogP contribution is 2.37. The molecule has 34 heavy (non-hydrogen) atoms. The number of Topliss-reactive ketones (excluding diaryl/α,β-unsaturated/α-hetero) is 1. The lowest BCUT2D eigenvalue weighted by Crippen LogP contribution is -2.49. The Balaban J connectivity index is 2.30. The van der Waals surface area contributed by atoms with Crippen LogP contribution in [0.2, 0.25) is 0 Å². The number of carbonyl (C=O) groups excluding carboxylic acids is 2. The van der Waals surface area contributed by atoms with E-state index >= 15 is 0 Å². The van der Waals surface area contributed by atoms with Gasteiger partial charge in [0.2, 0.25) is 0 Å². The van der Waals surface area contributed by atoms with Crippen molar-refractivity contribution in [2.45, 2.75) is 92.0 Å². The monoisotopic (exact) mass is 491 g/mol. The zero-order chi connectivity index (χ0) is 25.6. The van der Waals surface area contributed by atoms with E-state index < -0.39 is 41.5 Å². The summed E-state index contributed by atoms with van der Waals surface area (Å²) in [5.41, 5.74) is 0.449. The molecule has 6 nitrogen and oxygen atoms in total. The molecule has 0 bridgehead atoms. The second-order valence-electron chi connectivity index (χ2n) is 10.3. The highest BCUT2D eigenvalue weighted by atomic mass is 32.1. The number of ether oxygens (including phenoxy) is 1. The van der Waals surface area contributed by atoms with E-state index in [4.69, 9.17) is 4.74 Å². The van der Waals surface area contributed by atoms with E-state index in [1.165, 1.54) is 0 Å². The Morgan fingerprint density at radius 3 is 2.56 bits per heavy atom. The molecule has 6 atom stereocenters. The van der Waals surface area contributed by atoms with Gasteiger partial charge in [-0.05, 0) is 44.3 Å². The average molecular weight is 492 g/mol. The van der Waals surface area contributed by atoms with Gasteiger partial charge in [0.25, 0.3) is 0 Å². The summed E-state index contributed by atoms with van der Waals surface area (Å²) in [6, 6.07) is 0. The molecule has 7 heteroatoms. The fourth-order valence-electron chi connectivity index (χ4n) is 4.77. The lowest BCUT2D eigenvalue weighted by Gasteiger charge is -2.37. The highest BCUT2D eigenvalue weighted by Gasteiger charge is 2.47.